The molecule has 0 atom stereocenters. The van der Waals surface area contributed by atoms with Crippen molar-refractivity contribution in [3.05, 3.63) is 71.3 Å². The first-order chi connectivity index (χ1) is 10.4. The number of hydrogen-bond acceptors (Lipinski definition) is 3. The number of benzene rings is 2. The Balaban J connectivity index is 1.54. The molecule has 0 bridgehead atoms. The number of rotatable bonds is 5. The van der Waals surface area contributed by atoms with Crippen LogP contribution in [0.2, 0.25) is 0 Å². The lowest BCUT2D eigenvalue weighted by atomic mass is 10.1. The van der Waals surface area contributed by atoms with Crippen molar-refractivity contribution in [3.63, 3.8) is 0 Å². The maximum atomic E-state index is 5.75. The number of hydrogen-bond donors (Lipinski definition) is 1. The molecule has 108 valence electrons. The van der Waals surface area contributed by atoms with E-state index >= 15 is 0 Å². The normalized spacial score (nSPS) is 14.4. The standard InChI is InChI=1S/C18H20N2O/c1-2-5-15(6-3-1)13-21-14-16-7-9-17(10-8-16)18-19-11-4-12-20-18/h1-3,5-10H,4,11-14H2,(H,19,20). The van der Waals surface area contributed by atoms with Crippen molar-refractivity contribution in [2.75, 3.05) is 13.1 Å². The van der Waals surface area contributed by atoms with Gasteiger partial charge in [0.2, 0.25) is 0 Å². The molecule has 3 heteroatoms. The van der Waals surface area contributed by atoms with E-state index in [2.05, 4.69) is 46.7 Å². The van der Waals surface area contributed by atoms with Crippen LogP contribution in [-0.4, -0.2) is 18.9 Å². The lowest BCUT2D eigenvalue weighted by Gasteiger charge is -2.14. The van der Waals surface area contributed by atoms with E-state index in [4.69, 9.17) is 4.74 Å². The highest BCUT2D eigenvalue weighted by Crippen LogP contribution is 2.09. The Bertz CT molecular complexity index is 590. The first-order valence-corrected chi connectivity index (χ1v) is 7.41. The summed E-state index contributed by atoms with van der Waals surface area (Å²) in [6, 6.07) is 18.7. The number of nitrogens with one attached hydrogen (secondary N) is 1. The van der Waals surface area contributed by atoms with E-state index in [1.807, 2.05) is 18.2 Å². The lowest BCUT2D eigenvalue weighted by Crippen LogP contribution is -2.30. The van der Waals surface area contributed by atoms with Gasteiger partial charge in [0.05, 0.1) is 13.2 Å². The van der Waals surface area contributed by atoms with Gasteiger partial charge in [0, 0.05) is 18.7 Å². The average molecular weight is 280 g/mol. The van der Waals surface area contributed by atoms with Crippen LogP contribution in [0.3, 0.4) is 0 Å². The molecule has 2 aromatic carbocycles. The van der Waals surface area contributed by atoms with Gasteiger partial charge in [-0.15, -0.1) is 0 Å². The summed E-state index contributed by atoms with van der Waals surface area (Å²) >= 11 is 0. The van der Waals surface area contributed by atoms with Crippen molar-refractivity contribution < 1.29 is 4.74 Å². The minimum Gasteiger partial charge on any atom is -0.372 e. The van der Waals surface area contributed by atoms with Gasteiger partial charge in [-0.3, -0.25) is 4.99 Å². The van der Waals surface area contributed by atoms with Crippen molar-refractivity contribution in [1.29, 1.82) is 0 Å². The molecule has 1 aliphatic rings. The van der Waals surface area contributed by atoms with Gasteiger partial charge in [-0.25, -0.2) is 0 Å². The topological polar surface area (TPSA) is 33.6 Å². The summed E-state index contributed by atoms with van der Waals surface area (Å²) in [5.74, 6) is 1.01. The van der Waals surface area contributed by atoms with Gasteiger partial charge < -0.3 is 10.1 Å². The van der Waals surface area contributed by atoms with Gasteiger partial charge in [0.15, 0.2) is 0 Å². The van der Waals surface area contributed by atoms with Crippen molar-refractivity contribution >= 4 is 5.84 Å². The molecule has 3 nitrogen and oxygen atoms in total. The zero-order valence-electron chi connectivity index (χ0n) is 12.1. The van der Waals surface area contributed by atoms with Gasteiger partial charge in [-0.2, -0.15) is 0 Å². The minimum absolute atomic E-state index is 0.634. The van der Waals surface area contributed by atoms with E-state index in [9.17, 15) is 0 Å². The molecule has 1 aliphatic heterocycles. The van der Waals surface area contributed by atoms with Crippen molar-refractivity contribution in [1.82, 2.24) is 5.32 Å². The largest absolute Gasteiger partial charge is 0.372 e. The number of ether oxygens (including phenoxy) is 1. The Morgan fingerprint density at radius 2 is 1.62 bits per heavy atom. The first kappa shape index (κ1) is 13.8. The highest BCUT2D eigenvalue weighted by Gasteiger charge is 2.06. The molecule has 2 aromatic rings. The summed E-state index contributed by atoms with van der Waals surface area (Å²) in [5.41, 5.74) is 3.54. The highest BCUT2D eigenvalue weighted by atomic mass is 16.5. The SMILES string of the molecule is c1ccc(COCc2ccc(C3=NCCCN3)cc2)cc1. The van der Waals surface area contributed by atoms with Crippen LogP contribution in [0.25, 0.3) is 0 Å². The molecule has 0 aromatic heterocycles. The van der Waals surface area contributed by atoms with Crippen LogP contribution in [-0.2, 0) is 18.0 Å². The number of aliphatic imine (C=N–C) groups is 1. The predicted molar refractivity (Wildman–Crippen MR) is 85.4 cm³/mol. The average Bonchev–Trinajstić information content (AvgIpc) is 2.57. The van der Waals surface area contributed by atoms with E-state index in [0.717, 1.165) is 30.9 Å². The van der Waals surface area contributed by atoms with E-state index in [1.165, 1.54) is 11.1 Å². The van der Waals surface area contributed by atoms with Crippen LogP contribution in [0.1, 0.15) is 23.1 Å². The third-order valence-corrected chi connectivity index (χ3v) is 3.50. The third-order valence-electron chi connectivity index (χ3n) is 3.50. The van der Waals surface area contributed by atoms with Gasteiger partial charge in [-0.05, 0) is 17.5 Å². The molecule has 21 heavy (non-hydrogen) atoms. The molecule has 0 amide bonds. The molecule has 0 unspecified atom stereocenters. The fourth-order valence-electron chi connectivity index (χ4n) is 2.35. The summed E-state index contributed by atoms with van der Waals surface area (Å²) in [6.07, 6.45) is 1.12. The van der Waals surface area contributed by atoms with Crippen molar-refractivity contribution in [2.24, 2.45) is 4.99 Å². The Kier molecular flexibility index (Phi) is 4.64. The lowest BCUT2D eigenvalue weighted by molar-refractivity contribution is 0.107. The molecular weight excluding hydrogens is 260 g/mol. The second-order valence-electron chi connectivity index (χ2n) is 5.19. The molecule has 3 rings (SSSR count). The number of amidine groups is 1. The molecule has 0 aliphatic carbocycles. The van der Waals surface area contributed by atoms with E-state index in [0.29, 0.717) is 13.2 Å². The van der Waals surface area contributed by atoms with Crippen molar-refractivity contribution in [3.8, 4) is 0 Å². The Morgan fingerprint density at radius 1 is 0.905 bits per heavy atom. The van der Waals surface area contributed by atoms with Gasteiger partial charge in [0.1, 0.15) is 5.84 Å². The summed E-state index contributed by atoms with van der Waals surface area (Å²) < 4.78 is 5.75. The predicted octanol–water partition coefficient (Wildman–Crippen LogP) is 3.14. The molecule has 0 spiro atoms. The molecule has 1 heterocycles. The first-order valence-electron chi connectivity index (χ1n) is 7.41. The second-order valence-corrected chi connectivity index (χ2v) is 5.19. The smallest absolute Gasteiger partial charge is 0.128 e. The Labute approximate surface area is 125 Å². The van der Waals surface area contributed by atoms with Crippen molar-refractivity contribution in [2.45, 2.75) is 19.6 Å². The summed E-state index contributed by atoms with van der Waals surface area (Å²) in [4.78, 5) is 4.51. The summed E-state index contributed by atoms with van der Waals surface area (Å²) in [5, 5.41) is 3.34. The van der Waals surface area contributed by atoms with Crippen LogP contribution in [0.5, 0.6) is 0 Å². The Morgan fingerprint density at radius 3 is 2.29 bits per heavy atom. The zero-order valence-corrected chi connectivity index (χ0v) is 12.1. The molecule has 0 saturated carbocycles. The van der Waals surface area contributed by atoms with Crippen LogP contribution in [0.15, 0.2) is 59.6 Å². The number of nitrogens with zero attached hydrogens (tertiary/aromatic N) is 1. The van der Waals surface area contributed by atoms with E-state index in [-0.39, 0.29) is 0 Å². The van der Waals surface area contributed by atoms with Crippen LogP contribution in [0.4, 0.5) is 0 Å². The fourth-order valence-corrected chi connectivity index (χ4v) is 2.35. The second kappa shape index (κ2) is 7.04. The molecule has 0 saturated heterocycles. The Hall–Kier alpha value is -2.13. The quantitative estimate of drug-likeness (QED) is 0.913. The van der Waals surface area contributed by atoms with Gasteiger partial charge >= 0.3 is 0 Å². The monoisotopic (exact) mass is 280 g/mol. The fraction of sp³-hybridized carbons (Fsp3) is 0.278. The zero-order chi connectivity index (χ0) is 14.3. The summed E-state index contributed by atoms with van der Waals surface area (Å²) in [7, 11) is 0. The molecule has 1 N–H and O–H groups in total. The maximum Gasteiger partial charge on any atom is 0.128 e. The summed E-state index contributed by atoms with van der Waals surface area (Å²) in [6.45, 7) is 3.22. The molecule has 0 radical (unpaired) electrons. The van der Waals surface area contributed by atoms with Gasteiger partial charge in [0.25, 0.3) is 0 Å². The van der Waals surface area contributed by atoms with Gasteiger partial charge in [-0.1, -0.05) is 54.6 Å². The maximum absolute atomic E-state index is 5.75. The minimum atomic E-state index is 0.634. The van der Waals surface area contributed by atoms with Crippen LogP contribution < -0.4 is 5.32 Å². The van der Waals surface area contributed by atoms with Crippen LogP contribution in [0, 0.1) is 0 Å². The third kappa shape index (κ3) is 3.92. The highest BCUT2D eigenvalue weighted by molar-refractivity contribution is 5.99. The molecular formula is C18H20N2O. The van der Waals surface area contributed by atoms with E-state index < -0.39 is 0 Å². The van der Waals surface area contributed by atoms with Crippen LogP contribution >= 0.6 is 0 Å². The van der Waals surface area contributed by atoms with E-state index in [1.54, 1.807) is 0 Å². The molecule has 0 fully saturated rings.